The third kappa shape index (κ3) is 6.73. The number of guanidine groups is 1. The zero-order valence-electron chi connectivity index (χ0n) is 17.3. The summed E-state index contributed by atoms with van der Waals surface area (Å²) < 4.78 is 16.1. The van der Waals surface area contributed by atoms with Crippen LogP contribution in [0.1, 0.15) is 18.6 Å². The number of benzene rings is 1. The molecule has 0 saturated carbocycles. The minimum absolute atomic E-state index is 0. The van der Waals surface area contributed by atoms with E-state index in [1.165, 1.54) is 0 Å². The van der Waals surface area contributed by atoms with E-state index in [1.807, 2.05) is 18.2 Å². The fourth-order valence-electron chi connectivity index (χ4n) is 3.40. The van der Waals surface area contributed by atoms with Crippen molar-refractivity contribution in [1.29, 1.82) is 0 Å². The van der Waals surface area contributed by atoms with E-state index in [0.29, 0.717) is 6.04 Å². The van der Waals surface area contributed by atoms with Crippen LogP contribution >= 0.6 is 24.0 Å². The summed E-state index contributed by atoms with van der Waals surface area (Å²) in [6, 6.07) is 10.3. The van der Waals surface area contributed by atoms with E-state index >= 15 is 0 Å². The van der Waals surface area contributed by atoms with Crippen LogP contribution in [0, 0.1) is 0 Å². The Hall–Kier alpha value is -2.10. The summed E-state index contributed by atoms with van der Waals surface area (Å²) >= 11 is 0. The summed E-state index contributed by atoms with van der Waals surface area (Å²) in [5.41, 5.74) is 1.13. The quantitative estimate of drug-likeness (QED) is 0.336. The Labute approximate surface area is 189 Å². The lowest BCUT2D eigenvalue weighted by atomic mass is 10.0. The van der Waals surface area contributed by atoms with Gasteiger partial charge in [-0.3, -0.25) is 4.99 Å². The van der Waals surface area contributed by atoms with Crippen LogP contribution in [0.3, 0.4) is 0 Å². The number of nitrogens with zero attached hydrogens (tertiary/aromatic N) is 2. The maximum absolute atomic E-state index is 5.39. The van der Waals surface area contributed by atoms with Crippen molar-refractivity contribution in [1.82, 2.24) is 10.6 Å². The van der Waals surface area contributed by atoms with Crippen molar-refractivity contribution in [3.63, 3.8) is 0 Å². The summed E-state index contributed by atoms with van der Waals surface area (Å²) in [6.45, 7) is 2.73. The molecule has 1 saturated heterocycles. The first-order valence-corrected chi connectivity index (χ1v) is 9.69. The molecule has 0 amide bonds. The minimum atomic E-state index is 0. The predicted octanol–water partition coefficient (Wildman–Crippen LogP) is 3.29. The molecule has 1 aromatic carbocycles. The highest BCUT2D eigenvalue weighted by molar-refractivity contribution is 14.0. The van der Waals surface area contributed by atoms with Gasteiger partial charge in [-0.25, -0.2) is 0 Å². The number of aliphatic imine (C=N–C) groups is 1. The zero-order chi connectivity index (χ0) is 19.8. The normalized spacial score (nSPS) is 14.9. The van der Waals surface area contributed by atoms with E-state index < -0.39 is 0 Å². The Kier molecular flexibility index (Phi) is 9.43. The fraction of sp³-hybridized carbons (Fsp3) is 0.476. The van der Waals surface area contributed by atoms with Gasteiger partial charge in [0.25, 0.3) is 0 Å². The lowest BCUT2D eigenvalue weighted by Crippen LogP contribution is -2.49. The van der Waals surface area contributed by atoms with Crippen molar-refractivity contribution >= 4 is 35.6 Å². The molecule has 0 atom stereocenters. The van der Waals surface area contributed by atoms with Gasteiger partial charge in [-0.2, -0.15) is 0 Å². The molecule has 1 aliphatic heterocycles. The molecule has 0 spiro atoms. The SMILES string of the molecule is CN=C(NCCc1ccco1)NC1CCN(c2cc(OC)cc(OC)c2)CC1.I. The first kappa shape index (κ1) is 23.2. The maximum Gasteiger partial charge on any atom is 0.191 e. The largest absolute Gasteiger partial charge is 0.497 e. The Balaban J connectivity index is 0.00000300. The molecule has 0 aliphatic carbocycles. The van der Waals surface area contributed by atoms with Gasteiger partial charge in [-0.05, 0) is 25.0 Å². The number of rotatable bonds is 7. The van der Waals surface area contributed by atoms with Crippen molar-refractivity contribution in [2.75, 3.05) is 45.8 Å². The van der Waals surface area contributed by atoms with Crippen LogP contribution in [0.25, 0.3) is 0 Å². The first-order chi connectivity index (χ1) is 13.7. The number of hydrogen-bond acceptors (Lipinski definition) is 5. The van der Waals surface area contributed by atoms with Gasteiger partial charge in [0, 0.05) is 63.0 Å². The molecule has 3 rings (SSSR count). The number of furan rings is 1. The summed E-state index contributed by atoms with van der Waals surface area (Å²) in [6.07, 6.45) is 4.62. The zero-order valence-corrected chi connectivity index (χ0v) is 19.6. The smallest absolute Gasteiger partial charge is 0.191 e. The van der Waals surface area contributed by atoms with Crippen molar-refractivity contribution in [2.45, 2.75) is 25.3 Å². The Morgan fingerprint density at radius 2 is 1.86 bits per heavy atom. The van der Waals surface area contributed by atoms with Crippen LogP contribution in [0.2, 0.25) is 0 Å². The second kappa shape index (κ2) is 11.8. The standard InChI is InChI=1S/C21H30N4O3.HI/c1-22-21(23-9-6-18-5-4-12-28-18)24-16-7-10-25(11-8-16)17-13-19(26-2)15-20(14-17)27-3;/h4-5,12-16H,6-11H2,1-3H3,(H2,22,23,24);1H. The first-order valence-electron chi connectivity index (χ1n) is 9.69. The molecular formula is C21H31IN4O3. The van der Waals surface area contributed by atoms with Gasteiger partial charge in [0.2, 0.25) is 0 Å². The maximum atomic E-state index is 5.39. The van der Waals surface area contributed by atoms with Gasteiger partial charge >= 0.3 is 0 Å². The number of ether oxygens (including phenoxy) is 2. The van der Waals surface area contributed by atoms with Gasteiger partial charge < -0.3 is 29.4 Å². The lowest BCUT2D eigenvalue weighted by Gasteiger charge is -2.34. The van der Waals surface area contributed by atoms with Gasteiger partial charge in [0.1, 0.15) is 17.3 Å². The van der Waals surface area contributed by atoms with Crippen molar-refractivity contribution in [2.24, 2.45) is 4.99 Å². The topological polar surface area (TPSA) is 71.3 Å². The van der Waals surface area contributed by atoms with Crippen LogP contribution in [0.4, 0.5) is 5.69 Å². The number of nitrogens with one attached hydrogen (secondary N) is 2. The van der Waals surface area contributed by atoms with Crippen molar-refractivity contribution in [3.05, 3.63) is 42.4 Å². The highest BCUT2D eigenvalue weighted by atomic mass is 127. The lowest BCUT2D eigenvalue weighted by molar-refractivity contribution is 0.393. The van der Waals surface area contributed by atoms with E-state index in [1.54, 1.807) is 27.5 Å². The molecule has 29 heavy (non-hydrogen) atoms. The van der Waals surface area contributed by atoms with Crippen LogP contribution < -0.4 is 25.0 Å². The molecular weight excluding hydrogens is 483 g/mol. The number of piperidine rings is 1. The van der Waals surface area contributed by atoms with Crippen molar-refractivity contribution in [3.8, 4) is 11.5 Å². The molecule has 1 aromatic heterocycles. The van der Waals surface area contributed by atoms with Crippen LogP contribution in [0.5, 0.6) is 11.5 Å². The molecule has 0 bridgehead atoms. The van der Waals surface area contributed by atoms with E-state index in [9.17, 15) is 0 Å². The van der Waals surface area contributed by atoms with Gasteiger partial charge in [0.05, 0.1) is 20.5 Å². The molecule has 2 heterocycles. The fourth-order valence-corrected chi connectivity index (χ4v) is 3.40. The third-order valence-electron chi connectivity index (χ3n) is 5.00. The summed E-state index contributed by atoms with van der Waals surface area (Å²) in [5.74, 6) is 3.45. The molecule has 0 unspecified atom stereocenters. The van der Waals surface area contributed by atoms with Crippen molar-refractivity contribution < 1.29 is 13.9 Å². The Morgan fingerprint density at radius 1 is 1.17 bits per heavy atom. The molecule has 2 N–H and O–H groups in total. The average Bonchev–Trinajstić information content (AvgIpc) is 3.26. The molecule has 1 aliphatic rings. The highest BCUT2D eigenvalue weighted by Crippen LogP contribution is 2.30. The monoisotopic (exact) mass is 514 g/mol. The number of hydrogen-bond donors (Lipinski definition) is 2. The molecule has 1 fully saturated rings. The second-order valence-electron chi connectivity index (χ2n) is 6.80. The third-order valence-corrected chi connectivity index (χ3v) is 5.00. The van der Waals surface area contributed by atoms with E-state index in [4.69, 9.17) is 13.9 Å². The van der Waals surface area contributed by atoms with Gasteiger partial charge in [-0.1, -0.05) is 0 Å². The molecule has 8 heteroatoms. The summed E-state index contributed by atoms with van der Waals surface area (Å²) in [7, 11) is 5.16. The van der Waals surface area contributed by atoms with E-state index in [-0.39, 0.29) is 24.0 Å². The summed E-state index contributed by atoms with van der Waals surface area (Å²) in [4.78, 5) is 6.71. The van der Waals surface area contributed by atoms with E-state index in [2.05, 4.69) is 32.7 Å². The van der Waals surface area contributed by atoms with Crippen LogP contribution in [-0.2, 0) is 6.42 Å². The predicted molar refractivity (Wildman–Crippen MR) is 127 cm³/mol. The number of methoxy groups -OCH3 is 2. The number of anilines is 1. The molecule has 160 valence electrons. The van der Waals surface area contributed by atoms with E-state index in [0.717, 1.165) is 67.8 Å². The second-order valence-corrected chi connectivity index (χ2v) is 6.80. The average molecular weight is 514 g/mol. The summed E-state index contributed by atoms with van der Waals surface area (Å²) in [5, 5.41) is 6.90. The number of halogens is 1. The van der Waals surface area contributed by atoms with Gasteiger partial charge in [-0.15, -0.1) is 24.0 Å². The minimum Gasteiger partial charge on any atom is -0.497 e. The Morgan fingerprint density at radius 3 is 2.41 bits per heavy atom. The molecule has 2 aromatic rings. The highest BCUT2D eigenvalue weighted by Gasteiger charge is 2.21. The van der Waals surface area contributed by atoms with Gasteiger partial charge in [0.15, 0.2) is 5.96 Å². The molecule has 0 radical (unpaired) electrons. The van der Waals surface area contributed by atoms with Crippen LogP contribution in [0.15, 0.2) is 46.0 Å². The molecule has 7 nitrogen and oxygen atoms in total. The Bertz CT molecular complexity index is 737. The van der Waals surface area contributed by atoms with Crippen LogP contribution in [-0.4, -0.2) is 52.9 Å².